The van der Waals surface area contributed by atoms with Gasteiger partial charge in [-0.05, 0) is 55.5 Å². The monoisotopic (exact) mass is 511 g/mol. The van der Waals surface area contributed by atoms with Gasteiger partial charge in [0.1, 0.15) is 11.5 Å². The van der Waals surface area contributed by atoms with E-state index in [0.717, 1.165) is 70.4 Å². The maximum atomic E-state index is 10.7. The number of halogens is 1. The van der Waals surface area contributed by atoms with Crippen LogP contribution in [0.5, 0.6) is 0 Å². The third-order valence-corrected chi connectivity index (χ3v) is 7.69. The van der Waals surface area contributed by atoms with Gasteiger partial charge in [0.15, 0.2) is 5.82 Å². The summed E-state index contributed by atoms with van der Waals surface area (Å²) in [6.45, 7) is 1.41. The molecule has 0 amide bonds. The third-order valence-electron chi connectivity index (χ3n) is 7.36. The Morgan fingerprint density at radius 1 is 1.03 bits per heavy atom. The molecule has 0 radical (unpaired) electrons. The number of nitrogens with one attached hydrogen (secondary N) is 3. The number of aliphatic hydroxyl groups excluding tert-OH is 1. The van der Waals surface area contributed by atoms with E-state index in [0.29, 0.717) is 23.3 Å². The van der Waals surface area contributed by atoms with Gasteiger partial charge in [-0.25, -0.2) is 15.0 Å². The van der Waals surface area contributed by atoms with Gasteiger partial charge in [0, 0.05) is 51.6 Å². The number of H-pyrrole nitrogens is 1. The highest BCUT2D eigenvalue weighted by atomic mass is 35.5. The topological polar surface area (TPSA) is 112 Å². The summed E-state index contributed by atoms with van der Waals surface area (Å²) in [4.78, 5) is 22.5. The van der Waals surface area contributed by atoms with Crippen LogP contribution < -0.4 is 10.6 Å². The Morgan fingerprint density at radius 3 is 2.76 bits per heavy atom. The van der Waals surface area contributed by atoms with Crippen molar-refractivity contribution in [1.82, 2.24) is 30.2 Å². The van der Waals surface area contributed by atoms with E-state index >= 15 is 0 Å². The lowest BCUT2D eigenvalue weighted by atomic mass is 10.0. The van der Waals surface area contributed by atoms with Crippen LogP contribution in [0.25, 0.3) is 44.6 Å². The first kappa shape index (κ1) is 22.6. The second-order valence-electron chi connectivity index (χ2n) is 9.89. The number of aromatic nitrogens is 5. The molecule has 2 aliphatic rings. The lowest BCUT2D eigenvalue weighted by Crippen LogP contribution is -2.47. The fourth-order valence-electron chi connectivity index (χ4n) is 5.27. The minimum absolute atomic E-state index is 0.0936. The van der Waals surface area contributed by atoms with Gasteiger partial charge in [0.05, 0.1) is 23.9 Å². The molecule has 1 aromatic carbocycles. The smallest absolute Gasteiger partial charge is 0.163 e. The first-order valence-electron chi connectivity index (χ1n) is 12.7. The molecule has 37 heavy (non-hydrogen) atoms. The van der Waals surface area contributed by atoms with E-state index in [-0.39, 0.29) is 6.04 Å². The first-order valence-corrected chi connectivity index (χ1v) is 13.1. The van der Waals surface area contributed by atoms with Crippen LogP contribution in [0.15, 0.2) is 55.0 Å². The number of rotatable bonds is 5. The standard InChI is InChI=1S/C28H26ClN7O/c29-20-4-2-1-3-17(20)22-11-18-16(7-10-32-26(18)34-22)27-35-23-13-31-12-19(15-5-6-15)25(23)28(36-27)33-21-8-9-30-14-24(21)37/h1-4,7,10-13,15,21,24,30,37H,5-6,8-9,14H2,(H,32,34)(H,33,35,36)/t21-,24-/m1/s1. The number of hydrogen-bond donors (Lipinski definition) is 4. The molecule has 5 heterocycles. The Hall–Kier alpha value is -3.59. The van der Waals surface area contributed by atoms with Crippen molar-refractivity contribution in [2.24, 2.45) is 0 Å². The van der Waals surface area contributed by atoms with Crippen molar-refractivity contribution in [3.8, 4) is 22.6 Å². The fraction of sp³-hybridized carbons (Fsp3) is 0.286. The average Bonchev–Trinajstić information content (AvgIpc) is 3.67. The number of hydrogen-bond acceptors (Lipinski definition) is 7. The first-order chi connectivity index (χ1) is 18.2. The van der Waals surface area contributed by atoms with Gasteiger partial charge in [-0.2, -0.15) is 0 Å². The summed E-state index contributed by atoms with van der Waals surface area (Å²) in [5.41, 5.74) is 5.38. The van der Waals surface area contributed by atoms with E-state index in [1.165, 1.54) is 5.56 Å². The van der Waals surface area contributed by atoms with E-state index in [1.807, 2.05) is 36.5 Å². The van der Waals surface area contributed by atoms with E-state index in [2.05, 4.69) is 31.7 Å². The van der Waals surface area contributed by atoms with E-state index in [1.54, 1.807) is 12.4 Å². The minimum Gasteiger partial charge on any atom is -0.390 e. The molecule has 0 unspecified atom stereocenters. The lowest BCUT2D eigenvalue weighted by molar-refractivity contribution is 0.128. The number of β-amino-alcohol motifs (C(OH)–C–C–N with tert-alkyl or cyclic N) is 1. The van der Waals surface area contributed by atoms with Crippen molar-refractivity contribution < 1.29 is 5.11 Å². The van der Waals surface area contributed by atoms with E-state index < -0.39 is 6.10 Å². The summed E-state index contributed by atoms with van der Waals surface area (Å²) in [6.07, 6.45) is 8.13. The summed E-state index contributed by atoms with van der Waals surface area (Å²) >= 11 is 6.47. The second-order valence-corrected chi connectivity index (χ2v) is 10.3. The van der Waals surface area contributed by atoms with Crippen LogP contribution in [0, 0.1) is 0 Å². The zero-order valence-corrected chi connectivity index (χ0v) is 20.8. The van der Waals surface area contributed by atoms with Gasteiger partial charge >= 0.3 is 0 Å². The zero-order chi connectivity index (χ0) is 24.9. The summed E-state index contributed by atoms with van der Waals surface area (Å²) in [7, 11) is 0. The highest BCUT2D eigenvalue weighted by Crippen LogP contribution is 2.44. The van der Waals surface area contributed by atoms with Gasteiger partial charge in [-0.15, -0.1) is 0 Å². The number of piperidine rings is 1. The van der Waals surface area contributed by atoms with Gasteiger partial charge in [-0.3, -0.25) is 4.98 Å². The van der Waals surface area contributed by atoms with Crippen molar-refractivity contribution in [1.29, 1.82) is 0 Å². The number of benzene rings is 1. The average molecular weight is 512 g/mol. The molecule has 1 aliphatic heterocycles. The molecule has 8 nitrogen and oxygen atoms in total. The van der Waals surface area contributed by atoms with Gasteiger partial charge in [0.25, 0.3) is 0 Å². The quantitative estimate of drug-likeness (QED) is 0.265. The number of aliphatic hydroxyl groups is 1. The van der Waals surface area contributed by atoms with Crippen LogP contribution in [0.4, 0.5) is 5.82 Å². The predicted molar refractivity (Wildman–Crippen MR) is 146 cm³/mol. The normalized spacial score (nSPS) is 19.9. The summed E-state index contributed by atoms with van der Waals surface area (Å²) in [5.74, 6) is 1.83. The fourth-order valence-corrected chi connectivity index (χ4v) is 5.51. The Labute approximate surface area is 218 Å². The van der Waals surface area contributed by atoms with Crippen LogP contribution in [-0.4, -0.2) is 55.3 Å². The van der Waals surface area contributed by atoms with Crippen molar-refractivity contribution in [3.05, 3.63) is 65.6 Å². The Kier molecular flexibility index (Phi) is 5.53. The number of fused-ring (bicyclic) bond motifs is 2. The van der Waals surface area contributed by atoms with Crippen molar-refractivity contribution >= 4 is 39.4 Å². The summed E-state index contributed by atoms with van der Waals surface area (Å²) in [5, 5.41) is 20.1. The molecule has 1 saturated heterocycles. The maximum absolute atomic E-state index is 10.7. The Bertz CT molecular complexity index is 1630. The number of aromatic amines is 1. The minimum atomic E-state index is -0.496. The number of nitrogens with zero attached hydrogens (tertiary/aromatic N) is 4. The molecule has 7 rings (SSSR count). The molecule has 2 atom stereocenters. The van der Waals surface area contributed by atoms with E-state index in [4.69, 9.17) is 21.6 Å². The summed E-state index contributed by atoms with van der Waals surface area (Å²) in [6, 6.07) is 11.6. The SMILES string of the molecule is O[C@@H]1CNCC[C@H]1Nc1nc(-c2ccnc3[nH]c(-c4ccccc4Cl)cc23)nc2cncc(C3CC3)c12. The Balaban J connectivity index is 1.39. The predicted octanol–water partition coefficient (Wildman–Crippen LogP) is 4.90. The molecule has 0 bridgehead atoms. The van der Waals surface area contributed by atoms with Crippen molar-refractivity contribution in [2.45, 2.75) is 37.3 Å². The maximum Gasteiger partial charge on any atom is 0.163 e. The van der Waals surface area contributed by atoms with Gasteiger partial charge < -0.3 is 20.7 Å². The zero-order valence-electron chi connectivity index (χ0n) is 20.1. The van der Waals surface area contributed by atoms with Crippen molar-refractivity contribution in [3.63, 3.8) is 0 Å². The van der Waals surface area contributed by atoms with Crippen LogP contribution in [-0.2, 0) is 0 Å². The molecular weight excluding hydrogens is 486 g/mol. The molecule has 0 spiro atoms. The van der Waals surface area contributed by atoms with Crippen LogP contribution >= 0.6 is 11.6 Å². The third kappa shape index (κ3) is 4.11. The molecule has 1 saturated carbocycles. The second kappa shape index (κ2) is 9.06. The van der Waals surface area contributed by atoms with Crippen LogP contribution in [0.2, 0.25) is 5.02 Å². The molecule has 4 N–H and O–H groups in total. The highest BCUT2D eigenvalue weighted by Gasteiger charge is 2.30. The van der Waals surface area contributed by atoms with Crippen LogP contribution in [0.3, 0.4) is 0 Å². The Morgan fingerprint density at radius 2 is 1.92 bits per heavy atom. The van der Waals surface area contributed by atoms with Gasteiger partial charge in [-0.1, -0.05) is 29.8 Å². The molecule has 5 aromatic rings. The molecular formula is C28H26ClN7O. The largest absolute Gasteiger partial charge is 0.390 e. The molecule has 2 fully saturated rings. The van der Waals surface area contributed by atoms with E-state index in [9.17, 15) is 5.11 Å². The van der Waals surface area contributed by atoms with Crippen LogP contribution in [0.1, 0.15) is 30.7 Å². The lowest BCUT2D eigenvalue weighted by Gasteiger charge is -2.30. The molecule has 9 heteroatoms. The summed E-state index contributed by atoms with van der Waals surface area (Å²) < 4.78 is 0. The number of pyridine rings is 2. The molecule has 4 aromatic heterocycles. The molecule has 186 valence electrons. The van der Waals surface area contributed by atoms with Crippen molar-refractivity contribution in [2.75, 3.05) is 18.4 Å². The number of anilines is 1. The van der Waals surface area contributed by atoms with Gasteiger partial charge in [0.2, 0.25) is 0 Å². The molecule has 1 aliphatic carbocycles. The highest BCUT2D eigenvalue weighted by molar-refractivity contribution is 6.33.